The zero-order valence-corrected chi connectivity index (χ0v) is 13.6. The Morgan fingerprint density at radius 1 is 1.15 bits per heavy atom. The van der Waals surface area contributed by atoms with Gasteiger partial charge in [-0.2, -0.15) is 5.26 Å². The van der Waals surface area contributed by atoms with Crippen LogP contribution in [0.2, 0.25) is 0 Å². The summed E-state index contributed by atoms with van der Waals surface area (Å²) < 4.78 is 38.5. The quantitative estimate of drug-likeness (QED) is 0.721. The zero-order valence-electron chi connectivity index (χ0n) is 13.6. The lowest BCUT2D eigenvalue weighted by Gasteiger charge is -2.15. The van der Waals surface area contributed by atoms with Gasteiger partial charge in [0.15, 0.2) is 11.5 Å². The van der Waals surface area contributed by atoms with Crippen molar-refractivity contribution in [2.24, 2.45) is 0 Å². The number of hydrogen-bond donors (Lipinski definition) is 1. The van der Waals surface area contributed by atoms with E-state index >= 15 is 0 Å². The maximum Gasteiger partial charge on any atom is 0.177 e. The number of aromatic nitrogens is 3. The highest BCUT2D eigenvalue weighted by atomic mass is 19.1. The van der Waals surface area contributed by atoms with Crippen molar-refractivity contribution in [3.63, 3.8) is 0 Å². The molecule has 1 aliphatic heterocycles. The molecule has 1 fully saturated rings. The molecule has 26 heavy (non-hydrogen) atoms. The van der Waals surface area contributed by atoms with Gasteiger partial charge in [-0.1, -0.05) is 0 Å². The predicted octanol–water partition coefficient (Wildman–Crippen LogP) is 2.70. The van der Waals surface area contributed by atoms with Crippen molar-refractivity contribution in [3.8, 4) is 6.07 Å². The third kappa shape index (κ3) is 3.69. The van der Waals surface area contributed by atoms with Gasteiger partial charge in [-0.25, -0.2) is 22.7 Å². The third-order valence-corrected chi connectivity index (χ3v) is 3.87. The Balaban J connectivity index is 0.000000206. The fourth-order valence-corrected chi connectivity index (χ4v) is 2.58. The molecule has 9 heteroatoms. The Hall–Kier alpha value is -3.28. The van der Waals surface area contributed by atoms with Crippen molar-refractivity contribution in [2.75, 3.05) is 23.7 Å². The lowest BCUT2D eigenvalue weighted by Crippen LogP contribution is -2.21. The molecule has 6 nitrogen and oxygen atoms in total. The Morgan fingerprint density at radius 2 is 1.81 bits per heavy atom. The summed E-state index contributed by atoms with van der Waals surface area (Å²) >= 11 is 0. The summed E-state index contributed by atoms with van der Waals surface area (Å²) in [5.41, 5.74) is 6.29. The number of fused-ring (bicyclic) bond motifs is 1. The normalized spacial score (nSPS) is 16.2. The van der Waals surface area contributed by atoms with Crippen molar-refractivity contribution in [1.82, 2.24) is 14.6 Å². The first-order chi connectivity index (χ1) is 12.5. The van der Waals surface area contributed by atoms with Crippen molar-refractivity contribution < 1.29 is 13.2 Å². The van der Waals surface area contributed by atoms with Crippen LogP contribution < -0.4 is 10.6 Å². The number of anilines is 2. The first kappa shape index (κ1) is 17.5. The molecule has 1 aliphatic rings. The van der Waals surface area contributed by atoms with Crippen LogP contribution in [0.15, 0.2) is 36.5 Å². The van der Waals surface area contributed by atoms with Crippen LogP contribution in [-0.4, -0.2) is 33.9 Å². The van der Waals surface area contributed by atoms with Gasteiger partial charge in [-0.15, -0.1) is 5.10 Å². The number of nitrogens with two attached hydrogens (primary N) is 1. The number of nitrogens with zero attached hydrogens (tertiary/aromatic N) is 5. The minimum atomic E-state index is -0.812. The molecule has 0 spiro atoms. The van der Waals surface area contributed by atoms with Gasteiger partial charge in [-0.3, -0.25) is 0 Å². The number of hydrogen-bond acceptors (Lipinski definition) is 5. The van der Waals surface area contributed by atoms with Crippen LogP contribution in [0.5, 0.6) is 0 Å². The van der Waals surface area contributed by atoms with E-state index in [0.717, 1.165) is 24.3 Å². The largest absolute Gasteiger partial charge is 0.381 e. The third-order valence-electron chi connectivity index (χ3n) is 3.87. The Morgan fingerprint density at radius 3 is 2.35 bits per heavy atom. The van der Waals surface area contributed by atoms with Gasteiger partial charge in [0.25, 0.3) is 0 Å². The SMILES string of the molecule is Fc1ccc(F)cc1.N#Cc1c(N)nn2ccc(N3CCC(F)C3)nc12. The molecule has 1 atom stereocenters. The van der Waals surface area contributed by atoms with Gasteiger partial charge in [0, 0.05) is 12.7 Å². The summed E-state index contributed by atoms with van der Waals surface area (Å²) in [6.45, 7) is 0.977. The number of nitrogen functional groups attached to an aromatic ring is 1. The van der Waals surface area contributed by atoms with E-state index in [-0.39, 0.29) is 11.4 Å². The minimum Gasteiger partial charge on any atom is -0.381 e. The van der Waals surface area contributed by atoms with Crippen LogP contribution in [0.3, 0.4) is 0 Å². The second-order valence-electron chi connectivity index (χ2n) is 5.69. The highest BCUT2D eigenvalue weighted by Gasteiger charge is 2.23. The van der Waals surface area contributed by atoms with E-state index < -0.39 is 17.8 Å². The van der Waals surface area contributed by atoms with Gasteiger partial charge in [-0.05, 0) is 36.8 Å². The fourth-order valence-electron chi connectivity index (χ4n) is 2.58. The molecule has 2 aromatic heterocycles. The van der Waals surface area contributed by atoms with Crippen LogP contribution in [0.1, 0.15) is 12.0 Å². The van der Waals surface area contributed by atoms with Crippen molar-refractivity contribution >= 4 is 17.3 Å². The first-order valence-corrected chi connectivity index (χ1v) is 7.83. The van der Waals surface area contributed by atoms with E-state index in [2.05, 4.69) is 10.1 Å². The molecule has 0 aliphatic carbocycles. The number of nitriles is 1. The Kier molecular flexibility index (Phi) is 4.93. The minimum absolute atomic E-state index is 0.159. The standard InChI is InChI=1S/C11H11FN6.C6H4F2/c12-7-1-3-17(6-7)9-2-4-18-11(15-9)8(5-13)10(14)16-18;7-5-1-2-6(8)4-3-5/h2,4,7H,1,3,6H2,(H2,14,16);1-4H. The Bertz CT molecular complexity index is 927. The van der Waals surface area contributed by atoms with Crippen molar-refractivity contribution in [3.05, 3.63) is 53.7 Å². The maximum absolute atomic E-state index is 13.2. The molecule has 134 valence electrons. The fraction of sp³-hybridized carbons (Fsp3) is 0.235. The topological polar surface area (TPSA) is 83.2 Å². The summed E-state index contributed by atoms with van der Waals surface area (Å²) in [4.78, 5) is 6.20. The van der Waals surface area contributed by atoms with Crippen molar-refractivity contribution in [2.45, 2.75) is 12.6 Å². The number of benzene rings is 1. The van der Waals surface area contributed by atoms with E-state index in [9.17, 15) is 13.2 Å². The summed E-state index contributed by atoms with van der Waals surface area (Å²) in [5, 5.41) is 13.0. The molecule has 4 rings (SSSR count). The first-order valence-electron chi connectivity index (χ1n) is 7.83. The molecule has 3 heterocycles. The monoisotopic (exact) mass is 360 g/mol. The van der Waals surface area contributed by atoms with E-state index in [1.807, 2.05) is 11.0 Å². The molecular formula is C17H15F3N6. The highest BCUT2D eigenvalue weighted by molar-refractivity contribution is 5.67. The highest BCUT2D eigenvalue weighted by Crippen LogP contribution is 2.22. The molecule has 0 bridgehead atoms. The van der Waals surface area contributed by atoms with Crippen LogP contribution >= 0.6 is 0 Å². The number of alkyl halides is 1. The maximum atomic E-state index is 13.2. The molecule has 2 N–H and O–H groups in total. The number of halogens is 3. The van der Waals surface area contributed by atoms with E-state index in [0.29, 0.717) is 31.0 Å². The molecule has 1 saturated heterocycles. The second kappa shape index (κ2) is 7.31. The average molecular weight is 360 g/mol. The van der Waals surface area contributed by atoms with E-state index in [4.69, 9.17) is 11.0 Å². The van der Waals surface area contributed by atoms with Crippen LogP contribution in [-0.2, 0) is 0 Å². The summed E-state index contributed by atoms with van der Waals surface area (Å²) in [6.07, 6.45) is 1.38. The van der Waals surface area contributed by atoms with Gasteiger partial charge < -0.3 is 10.6 Å². The Labute approximate surface area is 147 Å². The van der Waals surface area contributed by atoms with E-state index in [1.54, 1.807) is 12.3 Å². The van der Waals surface area contributed by atoms with Crippen molar-refractivity contribution in [1.29, 1.82) is 5.26 Å². The van der Waals surface area contributed by atoms with Gasteiger partial charge in [0.1, 0.15) is 35.3 Å². The van der Waals surface area contributed by atoms with Gasteiger partial charge >= 0.3 is 0 Å². The van der Waals surface area contributed by atoms with Gasteiger partial charge in [0.2, 0.25) is 0 Å². The molecule has 3 aromatic rings. The average Bonchev–Trinajstić information content (AvgIpc) is 3.19. The smallest absolute Gasteiger partial charge is 0.177 e. The van der Waals surface area contributed by atoms with Crippen LogP contribution in [0, 0.1) is 23.0 Å². The predicted molar refractivity (Wildman–Crippen MR) is 90.2 cm³/mol. The molecule has 1 unspecified atom stereocenters. The summed E-state index contributed by atoms with van der Waals surface area (Å²) in [7, 11) is 0. The molecule has 0 amide bonds. The summed E-state index contributed by atoms with van der Waals surface area (Å²) in [6, 6.07) is 8.04. The van der Waals surface area contributed by atoms with Crippen LogP contribution in [0.25, 0.3) is 5.65 Å². The van der Waals surface area contributed by atoms with E-state index in [1.165, 1.54) is 4.52 Å². The lowest BCUT2D eigenvalue weighted by atomic mass is 10.3. The van der Waals surface area contributed by atoms with Gasteiger partial charge in [0.05, 0.1) is 6.54 Å². The zero-order chi connectivity index (χ0) is 18.7. The molecule has 1 aromatic carbocycles. The molecular weight excluding hydrogens is 345 g/mol. The van der Waals surface area contributed by atoms with Crippen LogP contribution in [0.4, 0.5) is 24.8 Å². The second-order valence-corrected chi connectivity index (χ2v) is 5.69. The number of rotatable bonds is 1. The lowest BCUT2D eigenvalue weighted by molar-refractivity contribution is 0.364. The molecule has 0 saturated carbocycles. The molecule has 0 radical (unpaired) electrons. The summed E-state index contributed by atoms with van der Waals surface area (Å²) in [5.74, 6) is -0.0104.